The minimum atomic E-state index is -0.782. The summed E-state index contributed by atoms with van der Waals surface area (Å²) < 4.78 is 31.3. The minimum absolute atomic E-state index is 0.0567. The Morgan fingerprint density at radius 3 is 2.77 bits per heavy atom. The number of benzene rings is 1. The number of carbonyl (C=O) groups is 1. The molecule has 2 amide bonds. The Morgan fingerprint density at radius 1 is 1.45 bits per heavy atom. The van der Waals surface area contributed by atoms with Gasteiger partial charge in [0.15, 0.2) is 11.6 Å². The van der Waals surface area contributed by atoms with Crippen molar-refractivity contribution in [2.75, 3.05) is 19.8 Å². The molecule has 0 heterocycles. The summed E-state index contributed by atoms with van der Waals surface area (Å²) >= 11 is 0. The normalized spacial score (nSPS) is 16.7. The fraction of sp³-hybridized carbons (Fsp3) is 0.533. The summed E-state index contributed by atoms with van der Waals surface area (Å²) in [6.45, 7) is 2.26. The van der Waals surface area contributed by atoms with Gasteiger partial charge in [-0.15, -0.1) is 0 Å². The summed E-state index contributed by atoms with van der Waals surface area (Å²) in [5.74, 6) is -1.52. The highest BCUT2D eigenvalue weighted by molar-refractivity contribution is 5.74. The third-order valence-corrected chi connectivity index (χ3v) is 3.68. The fourth-order valence-corrected chi connectivity index (χ4v) is 1.96. The zero-order valence-electron chi connectivity index (χ0n) is 12.4. The largest absolute Gasteiger partial charge is 0.488 e. The van der Waals surface area contributed by atoms with E-state index in [1.54, 1.807) is 6.92 Å². The Morgan fingerprint density at radius 2 is 2.18 bits per heavy atom. The molecule has 1 atom stereocenters. The molecule has 122 valence electrons. The lowest BCUT2D eigenvalue weighted by molar-refractivity contribution is 0.199. The molecule has 0 bridgehead atoms. The van der Waals surface area contributed by atoms with Gasteiger partial charge >= 0.3 is 6.03 Å². The number of ether oxygens (including phenoxy) is 1. The number of rotatable bonds is 7. The van der Waals surface area contributed by atoms with Crippen molar-refractivity contribution in [1.82, 2.24) is 10.6 Å². The van der Waals surface area contributed by atoms with Gasteiger partial charge in [0.2, 0.25) is 0 Å². The zero-order valence-corrected chi connectivity index (χ0v) is 12.4. The first-order chi connectivity index (χ1) is 10.4. The van der Waals surface area contributed by atoms with Gasteiger partial charge in [-0.05, 0) is 31.9 Å². The lowest BCUT2D eigenvalue weighted by Gasteiger charge is -2.17. The Hall–Kier alpha value is -1.89. The van der Waals surface area contributed by atoms with Crippen molar-refractivity contribution in [1.29, 1.82) is 0 Å². The van der Waals surface area contributed by atoms with E-state index < -0.39 is 11.6 Å². The van der Waals surface area contributed by atoms with E-state index in [1.165, 1.54) is 6.07 Å². The molecular formula is C15H20F2N2O3. The molecule has 2 rings (SSSR count). The topological polar surface area (TPSA) is 70.6 Å². The quantitative estimate of drug-likeness (QED) is 0.719. The van der Waals surface area contributed by atoms with E-state index in [1.807, 2.05) is 0 Å². The standard InChI is InChI=1S/C15H20F2N2O3/c1-10(7-22-13-3-2-11(16)6-12(13)17)19-14(21)18-8-15(9-20)4-5-15/h2-3,6,10,20H,4-5,7-9H2,1H3,(H2,18,19,21). The van der Waals surface area contributed by atoms with Gasteiger partial charge in [0.25, 0.3) is 0 Å². The van der Waals surface area contributed by atoms with Crippen LogP contribution in [0.3, 0.4) is 0 Å². The van der Waals surface area contributed by atoms with Gasteiger partial charge < -0.3 is 20.5 Å². The lowest BCUT2D eigenvalue weighted by Crippen LogP contribution is -2.45. The third kappa shape index (κ3) is 4.56. The number of aliphatic hydroxyl groups is 1. The summed E-state index contributed by atoms with van der Waals surface area (Å²) in [5.41, 5.74) is -0.158. The molecular weight excluding hydrogens is 294 g/mol. The summed E-state index contributed by atoms with van der Waals surface area (Å²) in [7, 11) is 0. The molecule has 1 fully saturated rings. The predicted molar refractivity (Wildman–Crippen MR) is 76.6 cm³/mol. The van der Waals surface area contributed by atoms with Crippen LogP contribution in [-0.4, -0.2) is 36.9 Å². The average Bonchev–Trinajstić information content (AvgIpc) is 3.25. The molecule has 1 unspecified atom stereocenters. The molecule has 1 saturated carbocycles. The first kappa shape index (κ1) is 16.5. The van der Waals surface area contributed by atoms with Gasteiger partial charge in [0, 0.05) is 18.0 Å². The number of nitrogens with one attached hydrogen (secondary N) is 2. The maximum absolute atomic E-state index is 13.4. The smallest absolute Gasteiger partial charge is 0.315 e. The number of urea groups is 1. The minimum Gasteiger partial charge on any atom is -0.488 e. The number of amides is 2. The molecule has 1 aliphatic carbocycles. The molecule has 7 heteroatoms. The average molecular weight is 314 g/mol. The van der Waals surface area contributed by atoms with Crippen molar-refractivity contribution in [2.24, 2.45) is 5.41 Å². The molecule has 0 aliphatic heterocycles. The highest BCUT2D eigenvalue weighted by Crippen LogP contribution is 2.44. The van der Waals surface area contributed by atoms with Crippen LogP contribution < -0.4 is 15.4 Å². The monoisotopic (exact) mass is 314 g/mol. The van der Waals surface area contributed by atoms with Crippen molar-refractivity contribution in [3.05, 3.63) is 29.8 Å². The maximum atomic E-state index is 13.4. The number of carbonyl (C=O) groups excluding carboxylic acids is 1. The van der Waals surface area contributed by atoms with Gasteiger partial charge in [-0.25, -0.2) is 13.6 Å². The molecule has 0 aromatic heterocycles. The second-order valence-electron chi connectivity index (χ2n) is 5.77. The summed E-state index contributed by atoms with van der Waals surface area (Å²) in [6, 6.07) is 2.33. The van der Waals surface area contributed by atoms with Gasteiger partial charge in [-0.1, -0.05) is 0 Å². The van der Waals surface area contributed by atoms with Crippen LogP contribution in [0.15, 0.2) is 18.2 Å². The van der Waals surface area contributed by atoms with Gasteiger partial charge in [0.05, 0.1) is 12.6 Å². The summed E-state index contributed by atoms with van der Waals surface area (Å²) in [6.07, 6.45) is 1.82. The van der Waals surface area contributed by atoms with Crippen LogP contribution in [0.4, 0.5) is 13.6 Å². The van der Waals surface area contributed by atoms with Crippen molar-refractivity contribution in [2.45, 2.75) is 25.8 Å². The summed E-state index contributed by atoms with van der Waals surface area (Å²) in [5, 5.41) is 14.5. The second kappa shape index (κ2) is 6.91. The van der Waals surface area contributed by atoms with Crippen LogP contribution in [-0.2, 0) is 0 Å². The van der Waals surface area contributed by atoms with E-state index >= 15 is 0 Å². The van der Waals surface area contributed by atoms with Gasteiger partial charge in [-0.2, -0.15) is 0 Å². The zero-order chi connectivity index (χ0) is 16.2. The molecule has 0 saturated heterocycles. The fourth-order valence-electron chi connectivity index (χ4n) is 1.96. The number of halogens is 2. The molecule has 0 spiro atoms. The van der Waals surface area contributed by atoms with E-state index in [-0.39, 0.29) is 36.5 Å². The van der Waals surface area contributed by atoms with Crippen LogP contribution in [0.2, 0.25) is 0 Å². The first-order valence-corrected chi connectivity index (χ1v) is 7.17. The van der Waals surface area contributed by atoms with Crippen molar-refractivity contribution in [3.63, 3.8) is 0 Å². The van der Waals surface area contributed by atoms with Crippen LogP contribution in [0.1, 0.15) is 19.8 Å². The number of hydrogen-bond donors (Lipinski definition) is 3. The van der Waals surface area contributed by atoms with Crippen molar-refractivity contribution >= 4 is 6.03 Å². The van der Waals surface area contributed by atoms with E-state index in [0.717, 1.165) is 25.0 Å². The highest BCUT2D eigenvalue weighted by atomic mass is 19.1. The molecule has 1 aromatic carbocycles. The Labute approximate surface area is 127 Å². The SMILES string of the molecule is CC(COc1ccc(F)cc1F)NC(=O)NCC1(CO)CC1. The molecule has 1 aromatic rings. The highest BCUT2D eigenvalue weighted by Gasteiger charge is 2.42. The third-order valence-electron chi connectivity index (χ3n) is 3.68. The molecule has 22 heavy (non-hydrogen) atoms. The predicted octanol–water partition coefficient (Wildman–Crippen LogP) is 1.80. The van der Waals surface area contributed by atoms with Crippen molar-refractivity contribution < 1.29 is 23.4 Å². The molecule has 3 N–H and O–H groups in total. The molecule has 1 aliphatic rings. The molecule has 5 nitrogen and oxygen atoms in total. The van der Waals surface area contributed by atoms with Crippen LogP contribution >= 0.6 is 0 Å². The Kier molecular flexibility index (Phi) is 5.18. The first-order valence-electron chi connectivity index (χ1n) is 7.17. The maximum Gasteiger partial charge on any atom is 0.315 e. The van der Waals surface area contributed by atoms with Crippen LogP contribution in [0.5, 0.6) is 5.75 Å². The van der Waals surface area contributed by atoms with Crippen LogP contribution in [0, 0.1) is 17.0 Å². The lowest BCUT2D eigenvalue weighted by atomic mass is 10.1. The summed E-state index contributed by atoms with van der Waals surface area (Å²) in [4.78, 5) is 11.7. The van der Waals surface area contributed by atoms with Gasteiger partial charge in [0.1, 0.15) is 12.4 Å². The van der Waals surface area contributed by atoms with Gasteiger partial charge in [-0.3, -0.25) is 0 Å². The number of aliphatic hydroxyl groups excluding tert-OH is 1. The van der Waals surface area contributed by atoms with E-state index in [2.05, 4.69) is 10.6 Å². The van der Waals surface area contributed by atoms with Crippen LogP contribution in [0.25, 0.3) is 0 Å². The Balaban J connectivity index is 1.70. The van der Waals surface area contributed by atoms with E-state index in [4.69, 9.17) is 9.84 Å². The van der Waals surface area contributed by atoms with E-state index in [0.29, 0.717) is 6.54 Å². The van der Waals surface area contributed by atoms with E-state index in [9.17, 15) is 13.6 Å². The number of hydrogen-bond acceptors (Lipinski definition) is 3. The molecule has 0 radical (unpaired) electrons. The second-order valence-corrected chi connectivity index (χ2v) is 5.77. The van der Waals surface area contributed by atoms with Crippen molar-refractivity contribution in [3.8, 4) is 5.75 Å². The Bertz CT molecular complexity index is 536.